The first-order valence-electron chi connectivity index (χ1n) is 8.50. The van der Waals surface area contributed by atoms with Crippen molar-refractivity contribution in [2.24, 2.45) is 0 Å². The molecule has 0 saturated heterocycles. The summed E-state index contributed by atoms with van der Waals surface area (Å²) in [6.45, 7) is 0.835. The molecule has 1 heterocycles. The lowest BCUT2D eigenvalue weighted by molar-refractivity contribution is -0.127. The average Bonchev–Trinajstić information content (AvgIpc) is 2.61. The quantitative estimate of drug-likeness (QED) is 0.708. The van der Waals surface area contributed by atoms with E-state index in [9.17, 15) is 17.6 Å². The lowest BCUT2D eigenvalue weighted by Gasteiger charge is -2.20. The fraction of sp³-hybridized carbons (Fsp3) is 0.316. The van der Waals surface area contributed by atoms with Gasteiger partial charge >= 0.3 is 0 Å². The highest BCUT2D eigenvalue weighted by molar-refractivity contribution is 7.91. The molecule has 1 aliphatic rings. The summed E-state index contributed by atoms with van der Waals surface area (Å²) in [5.74, 6) is -1.24. The van der Waals surface area contributed by atoms with E-state index in [4.69, 9.17) is 21.1 Å². The highest BCUT2D eigenvalue weighted by Gasteiger charge is 2.23. The lowest BCUT2D eigenvalue weighted by atomic mass is 10.2. The molecule has 0 spiro atoms. The van der Waals surface area contributed by atoms with Gasteiger partial charge in [-0.2, -0.15) is 0 Å². The van der Waals surface area contributed by atoms with Crippen LogP contribution < -0.4 is 9.47 Å². The molecule has 0 aliphatic carbocycles. The Morgan fingerprint density at radius 1 is 1.18 bits per heavy atom. The van der Waals surface area contributed by atoms with E-state index >= 15 is 0 Å². The molecule has 3 rings (SSSR count). The maximum atomic E-state index is 13.3. The molecule has 0 radical (unpaired) electrons. The van der Waals surface area contributed by atoms with Crippen LogP contribution in [0.4, 0.5) is 4.39 Å². The summed E-state index contributed by atoms with van der Waals surface area (Å²) in [5.41, 5.74) is 0.988. The number of hydrogen-bond donors (Lipinski definition) is 0. The predicted octanol–water partition coefficient (Wildman–Crippen LogP) is 2.82. The highest BCUT2D eigenvalue weighted by atomic mass is 35.5. The van der Waals surface area contributed by atoms with E-state index in [0.29, 0.717) is 35.8 Å². The van der Waals surface area contributed by atoms with Gasteiger partial charge in [-0.3, -0.25) is 4.79 Å². The number of ether oxygens (including phenoxy) is 2. The van der Waals surface area contributed by atoms with Crippen molar-refractivity contribution in [1.82, 2.24) is 4.90 Å². The molecule has 0 aromatic heterocycles. The molecule has 150 valence electrons. The summed E-state index contributed by atoms with van der Waals surface area (Å²) >= 11 is 6.13. The summed E-state index contributed by atoms with van der Waals surface area (Å²) in [6.07, 6.45) is 0. The van der Waals surface area contributed by atoms with Crippen molar-refractivity contribution >= 4 is 27.3 Å². The van der Waals surface area contributed by atoms with E-state index in [-0.39, 0.29) is 17.3 Å². The summed E-state index contributed by atoms with van der Waals surface area (Å²) in [5, 5.41) is 0.261. The van der Waals surface area contributed by atoms with Crippen LogP contribution in [0, 0.1) is 5.82 Å². The number of rotatable bonds is 6. The average molecular weight is 428 g/mol. The van der Waals surface area contributed by atoms with Crippen LogP contribution in [-0.2, 0) is 26.9 Å². The van der Waals surface area contributed by atoms with Gasteiger partial charge in [0.05, 0.1) is 10.8 Å². The Bertz CT molecular complexity index is 996. The predicted molar refractivity (Wildman–Crippen MR) is 103 cm³/mol. The highest BCUT2D eigenvalue weighted by Crippen LogP contribution is 2.38. The Hall–Kier alpha value is -2.32. The zero-order chi connectivity index (χ0) is 20.3. The van der Waals surface area contributed by atoms with Gasteiger partial charge in [-0.25, -0.2) is 12.8 Å². The molecular formula is C19H19ClFNO5S. The van der Waals surface area contributed by atoms with Crippen LogP contribution in [0.1, 0.15) is 11.1 Å². The first-order chi connectivity index (χ1) is 13.2. The van der Waals surface area contributed by atoms with E-state index in [1.54, 1.807) is 12.1 Å². The van der Waals surface area contributed by atoms with Crippen LogP contribution in [0.25, 0.3) is 0 Å². The molecule has 1 aliphatic heterocycles. The number of sulfone groups is 1. The first-order valence-corrected chi connectivity index (χ1v) is 10.7. The molecule has 0 fully saturated rings. The topological polar surface area (TPSA) is 72.9 Å². The van der Waals surface area contributed by atoms with Crippen LogP contribution in [0.2, 0.25) is 5.02 Å². The third-order valence-corrected chi connectivity index (χ3v) is 5.86. The molecule has 0 saturated carbocycles. The van der Waals surface area contributed by atoms with Gasteiger partial charge in [-0.15, -0.1) is 0 Å². The van der Waals surface area contributed by atoms with Crippen molar-refractivity contribution in [2.45, 2.75) is 12.3 Å². The number of benzene rings is 2. The fourth-order valence-corrected chi connectivity index (χ4v) is 4.51. The van der Waals surface area contributed by atoms with Crippen molar-refractivity contribution in [1.29, 1.82) is 0 Å². The number of nitrogens with zero attached hydrogens (tertiary/aromatic N) is 1. The fourth-order valence-electron chi connectivity index (χ4n) is 2.85. The Morgan fingerprint density at radius 3 is 2.68 bits per heavy atom. The van der Waals surface area contributed by atoms with E-state index in [2.05, 4.69) is 0 Å². The Labute approximate surface area is 167 Å². The standard InChI is InChI=1S/C19H19ClFNO5S/c1-22(10-13-3-2-4-15(21)7-13)18(23)12-28(24,25)11-14-8-16(20)19-17(9-14)26-5-6-27-19/h2-4,7-9H,5-6,10-12H2,1H3. The number of fused-ring (bicyclic) bond motifs is 1. The van der Waals surface area contributed by atoms with Crippen LogP contribution in [-0.4, -0.2) is 45.2 Å². The van der Waals surface area contributed by atoms with Crippen LogP contribution in [0.5, 0.6) is 11.5 Å². The Morgan fingerprint density at radius 2 is 1.93 bits per heavy atom. The Balaban J connectivity index is 1.66. The maximum Gasteiger partial charge on any atom is 0.237 e. The zero-order valence-corrected chi connectivity index (χ0v) is 16.7. The number of carbonyl (C=O) groups excluding carboxylic acids is 1. The number of amides is 1. The molecule has 0 bridgehead atoms. The third kappa shape index (κ3) is 5.14. The van der Waals surface area contributed by atoms with Crippen molar-refractivity contribution in [2.75, 3.05) is 26.0 Å². The Kier molecular flexibility index (Phi) is 6.10. The molecule has 0 unspecified atom stereocenters. The first kappa shape index (κ1) is 20.4. The molecule has 6 nitrogen and oxygen atoms in total. The van der Waals surface area contributed by atoms with Crippen molar-refractivity contribution in [3.8, 4) is 11.5 Å². The lowest BCUT2D eigenvalue weighted by Crippen LogP contribution is -2.32. The second-order valence-electron chi connectivity index (χ2n) is 6.51. The van der Waals surface area contributed by atoms with Crippen LogP contribution >= 0.6 is 11.6 Å². The van der Waals surface area contributed by atoms with Gasteiger partial charge in [0.1, 0.15) is 24.8 Å². The normalized spacial score (nSPS) is 13.2. The molecular weight excluding hydrogens is 409 g/mol. The van der Waals surface area contributed by atoms with Gasteiger partial charge in [0, 0.05) is 13.6 Å². The molecule has 28 heavy (non-hydrogen) atoms. The van der Waals surface area contributed by atoms with E-state index in [1.165, 1.54) is 36.2 Å². The number of carbonyl (C=O) groups is 1. The van der Waals surface area contributed by atoms with E-state index in [1.807, 2.05) is 0 Å². The van der Waals surface area contributed by atoms with E-state index in [0.717, 1.165) is 0 Å². The number of halogens is 2. The largest absolute Gasteiger partial charge is 0.486 e. The second-order valence-corrected chi connectivity index (χ2v) is 8.99. The van der Waals surface area contributed by atoms with Crippen LogP contribution in [0.15, 0.2) is 36.4 Å². The number of hydrogen-bond acceptors (Lipinski definition) is 5. The molecule has 1 amide bonds. The SMILES string of the molecule is CN(Cc1cccc(F)c1)C(=O)CS(=O)(=O)Cc1cc(Cl)c2c(c1)OCCO2. The second kappa shape index (κ2) is 8.36. The molecule has 2 aromatic rings. The minimum Gasteiger partial charge on any atom is -0.486 e. The molecule has 0 N–H and O–H groups in total. The van der Waals surface area contributed by atoms with Crippen LogP contribution in [0.3, 0.4) is 0 Å². The van der Waals surface area contributed by atoms with Crippen molar-refractivity contribution in [3.05, 3.63) is 58.4 Å². The summed E-state index contributed by atoms with van der Waals surface area (Å²) in [4.78, 5) is 13.6. The summed E-state index contributed by atoms with van der Waals surface area (Å²) in [6, 6.07) is 8.85. The zero-order valence-electron chi connectivity index (χ0n) is 15.2. The molecule has 2 aromatic carbocycles. The summed E-state index contributed by atoms with van der Waals surface area (Å²) in [7, 11) is -2.27. The third-order valence-electron chi connectivity index (χ3n) is 4.12. The smallest absolute Gasteiger partial charge is 0.237 e. The van der Waals surface area contributed by atoms with Crippen molar-refractivity contribution in [3.63, 3.8) is 0 Å². The van der Waals surface area contributed by atoms with Gasteiger partial charge in [-0.1, -0.05) is 23.7 Å². The minimum atomic E-state index is -3.74. The van der Waals surface area contributed by atoms with E-state index < -0.39 is 27.3 Å². The van der Waals surface area contributed by atoms with Gasteiger partial charge in [0.15, 0.2) is 21.3 Å². The van der Waals surface area contributed by atoms with Crippen molar-refractivity contribution < 1.29 is 27.1 Å². The minimum absolute atomic E-state index is 0.113. The monoisotopic (exact) mass is 427 g/mol. The molecule has 0 atom stereocenters. The van der Waals surface area contributed by atoms with Gasteiger partial charge < -0.3 is 14.4 Å². The van der Waals surface area contributed by atoms with Gasteiger partial charge in [0.2, 0.25) is 5.91 Å². The van der Waals surface area contributed by atoms with Gasteiger partial charge in [0.25, 0.3) is 0 Å². The van der Waals surface area contributed by atoms with Gasteiger partial charge in [-0.05, 0) is 35.4 Å². The maximum absolute atomic E-state index is 13.3. The molecule has 9 heteroatoms. The summed E-state index contributed by atoms with van der Waals surface area (Å²) < 4.78 is 49.1.